The smallest absolute Gasteiger partial charge is 0.348 e. The fourth-order valence-corrected chi connectivity index (χ4v) is 3.15. The lowest BCUT2D eigenvalue weighted by Crippen LogP contribution is -2.04. The number of hydrogen-bond donors (Lipinski definition) is 0. The minimum Gasteiger partial charge on any atom is -0.455 e. The molecule has 0 unspecified atom stereocenters. The van der Waals surface area contributed by atoms with Crippen molar-refractivity contribution in [1.82, 2.24) is 4.98 Å². The van der Waals surface area contributed by atoms with Crippen molar-refractivity contribution in [2.45, 2.75) is 13.5 Å². The van der Waals surface area contributed by atoms with E-state index in [9.17, 15) is 4.79 Å². The summed E-state index contributed by atoms with van der Waals surface area (Å²) in [7, 11) is 0. The molecule has 20 heavy (non-hydrogen) atoms. The van der Waals surface area contributed by atoms with Crippen LogP contribution in [0.3, 0.4) is 0 Å². The lowest BCUT2D eigenvalue weighted by molar-refractivity contribution is 0.0473. The summed E-state index contributed by atoms with van der Waals surface area (Å²) in [6.07, 6.45) is 1.52. The highest BCUT2D eigenvalue weighted by molar-refractivity contribution is 7.13. The predicted octanol–water partition coefficient (Wildman–Crippen LogP) is 4.13. The van der Waals surface area contributed by atoms with Crippen LogP contribution >= 0.6 is 22.7 Å². The SMILES string of the molecule is Cc1ccsc1C(=O)OCc1coc(-c2cccs2)n1. The summed E-state index contributed by atoms with van der Waals surface area (Å²) in [5, 5.41) is 3.83. The Hall–Kier alpha value is -1.92. The Morgan fingerprint density at radius 1 is 1.35 bits per heavy atom. The number of hydrogen-bond acceptors (Lipinski definition) is 6. The van der Waals surface area contributed by atoms with E-state index in [-0.39, 0.29) is 12.6 Å². The summed E-state index contributed by atoms with van der Waals surface area (Å²) in [6, 6.07) is 5.76. The molecular weight excluding hydrogens is 294 g/mol. The van der Waals surface area contributed by atoms with E-state index in [2.05, 4.69) is 4.98 Å². The van der Waals surface area contributed by atoms with E-state index in [1.165, 1.54) is 17.6 Å². The third kappa shape index (κ3) is 2.66. The van der Waals surface area contributed by atoms with Gasteiger partial charge in [-0.05, 0) is 35.4 Å². The van der Waals surface area contributed by atoms with E-state index < -0.39 is 0 Å². The monoisotopic (exact) mass is 305 g/mol. The molecule has 0 N–H and O–H groups in total. The standard InChI is InChI=1S/C14H11NO3S2/c1-9-4-6-20-12(9)14(16)18-8-10-7-17-13(15-10)11-3-2-5-19-11/h2-7H,8H2,1H3. The summed E-state index contributed by atoms with van der Waals surface area (Å²) in [5.41, 5.74) is 1.54. The maximum atomic E-state index is 11.9. The van der Waals surface area contributed by atoms with Gasteiger partial charge in [0.2, 0.25) is 5.89 Å². The van der Waals surface area contributed by atoms with Gasteiger partial charge in [-0.15, -0.1) is 22.7 Å². The van der Waals surface area contributed by atoms with E-state index >= 15 is 0 Å². The number of rotatable bonds is 4. The lowest BCUT2D eigenvalue weighted by atomic mass is 10.3. The van der Waals surface area contributed by atoms with E-state index in [4.69, 9.17) is 9.15 Å². The van der Waals surface area contributed by atoms with Crippen LogP contribution in [-0.2, 0) is 11.3 Å². The molecule has 0 atom stereocenters. The maximum absolute atomic E-state index is 11.9. The molecule has 0 saturated carbocycles. The van der Waals surface area contributed by atoms with E-state index in [0.29, 0.717) is 16.5 Å². The molecule has 0 amide bonds. The highest BCUT2D eigenvalue weighted by Crippen LogP contribution is 2.24. The van der Waals surface area contributed by atoms with Gasteiger partial charge >= 0.3 is 5.97 Å². The highest BCUT2D eigenvalue weighted by Gasteiger charge is 2.14. The van der Waals surface area contributed by atoms with Crippen LogP contribution in [0.4, 0.5) is 0 Å². The van der Waals surface area contributed by atoms with Gasteiger partial charge in [-0.25, -0.2) is 9.78 Å². The van der Waals surface area contributed by atoms with Crippen molar-refractivity contribution in [1.29, 1.82) is 0 Å². The minimum absolute atomic E-state index is 0.116. The van der Waals surface area contributed by atoms with Gasteiger partial charge in [-0.3, -0.25) is 0 Å². The molecule has 3 heterocycles. The molecule has 102 valence electrons. The first kappa shape index (κ1) is 13.1. The van der Waals surface area contributed by atoms with Crippen LogP contribution < -0.4 is 0 Å². The van der Waals surface area contributed by atoms with E-state index in [0.717, 1.165) is 10.4 Å². The second kappa shape index (κ2) is 5.60. The number of aryl methyl sites for hydroxylation is 1. The molecule has 0 radical (unpaired) electrons. The molecule has 0 saturated heterocycles. The fourth-order valence-electron chi connectivity index (χ4n) is 1.67. The van der Waals surface area contributed by atoms with Crippen molar-refractivity contribution in [3.8, 4) is 10.8 Å². The van der Waals surface area contributed by atoms with Crippen molar-refractivity contribution < 1.29 is 13.9 Å². The molecule has 3 rings (SSSR count). The van der Waals surface area contributed by atoms with Gasteiger partial charge in [0.15, 0.2) is 0 Å². The van der Waals surface area contributed by atoms with Crippen molar-refractivity contribution in [2.75, 3.05) is 0 Å². The maximum Gasteiger partial charge on any atom is 0.348 e. The predicted molar refractivity (Wildman–Crippen MR) is 78.0 cm³/mol. The Morgan fingerprint density at radius 3 is 2.95 bits per heavy atom. The number of carbonyl (C=O) groups excluding carboxylic acids is 1. The Morgan fingerprint density at radius 2 is 2.25 bits per heavy atom. The first-order valence-electron chi connectivity index (χ1n) is 5.93. The first-order chi connectivity index (χ1) is 9.74. The summed E-state index contributed by atoms with van der Waals surface area (Å²) in [6.45, 7) is 2.00. The molecule has 4 nitrogen and oxygen atoms in total. The van der Waals surface area contributed by atoms with Gasteiger partial charge in [-0.2, -0.15) is 0 Å². The van der Waals surface area contributed by atoms with Crippen molar-refractivity contribution in [3.63, 3.8) is 0 Å². The second-order valence-electron chi connectivity index (χ2n) is 4.13. The third-order valence-electron chi connectivity index (χ3n) is 2.68. The summed E-state index contributed by atoms with van der Waals surface area (Å²) >= 11 is 2.93. The Balaban J connectivity index is 1.65. The van der Waals surface area contributed by atoms with Crippen LogP contribution in [0.1, 0.15) is 20.9 Å². The van der Waals surface area contributed by atoms with Crippen molar-refractivity contribution in [2.24, 2.45) is 0 Å². The average molecular weight is 305 g/mol. The van der Waals surface area contributed by atoms with Crippen LogP contribution in [0.15, 0.2) is 39.6 Å². The number of ether oxygens (including phenoxy) is 1. The van der Waals surface area contributed by atoms with Crippen LogP contribution in [-0.4, -0.2) is 11.0 Å². The zero-order chi connectivity index (χ0) is 13.9. The van der Waals surface area contributed by atoms with Gasteiger partial charge in [0.25, 0.3) is 0 Å². The third-order valence-corrected chi connectivity index (χ3v) is 4.54. The Bertz CT molecular complexity index is 712. The topological polar surface area (TPSA) is 52.3 Å². The Labute approximate surface area is 123 Å². The number of esters is 1. The van der Waals surface area contributed by atoms with Gasteiger partial charge in [0.1, 0.15) is 23.4 Å². The van der Waals surface area contributed by atoms with Crippen LogP contribution in [0.25, 0.3) is 10.8 Å². The van der Waals surface area contributed by atoms with E-state index in [1.54, 1.807) is 11.3 Å². The molecule has 0 aliphatic carbocycles. The molecule has 0 spiro atoms. The van der Waals surface area contributed by atoms with Gasteiger partial charge in [0, 0.05) is 0 Å². The number of aromatic nitrogens is 1. The normalized spacial score (nSPS) is 10.7. The second-order valence-corrected chi connectivity index (χ2v) is 5.99. The van der Waals surface area contributed by atoms with Gasteiger partial charge in [-0.1, -0.05) is 6.07 Å². The molecule has 0 aromatic carbocycles. The molecule has 3 aromatic heterocycles. The molecular formula is C14H11NO3S2. The summed E-state index contributed by atoms with van der Waals surface area (Å²) in [4.78, 5) is 17.8. The van der Waals surface area contributed by atoms with E-state index in [1.807, 2.05) is 35.9 Å². The largest absolute Gasteiger partial charge is 0.455 e. The molecule has 0 fully saturated rings. The number of nitrogens with zero attached hydrogens (tertiary/aromatic N) is 1. The minimum atomic E-state index is -0.321. The molecule has 0 aliphatic rings. The summed E-state index contributed by atoms with van der Waals surface area (Å²) < 4.78 is 10.6. The first-order valence-corrected chi connectivity index (χ1v) is 7.69. The van der Waals surface area contributed by atoms with Gasteiger partial charge in [0.05, 0.1) is 4.88 Å². The molecule has 3 aromatic rings. The van der Waals surface area contributed by atoms with Crippen molar-refractivity contribution >= 4 is 28.6 Å². The van der Waals surface area contributed by atoms with Gasteiger partial charge < -0.3 is 9.15 Å². The summed E-state index contributed by atoms with van der Waals surface area (Å²) in [5.74, 6) is 0.233. The zero-order valence-electron chi connectivity index (χ0n) is 10.7. The molecule has 6 heteroatoms. The molecule has 0 aliphatic heterocycles. The fraction of sp³-hybridized carbons (Fsp3) is 0.143. The average Bonchev–Trinajstić information content (AvgIpc) is 3.16. The Kier molecular flexibility index (Phi) is 3.66. The quantitative estimate of drug-likeness (QED) is 0.680. The molecule has 0 bridgehead atoms. The van der Waals surface area contributed by atoms with Crippen molar-refractivity contribution in [3.05, 3.63) is 51.4 Å². The van der Waals surface area contributed by atoms with Crippen LogP contribution in [0.2, 0.25) is 0 Å². The number of oxazole rings is 1. The zero-order valence-corrected chi connectivity index (χ0v) is 12.3. The number of thiophene rings is 2. The van der Waals surface area contributed by atoms with Crippen LogP contribution in [0.5, 0.6) is 0 Å². The highest BCUT2D eigenvalue weighted by atomic mass is 32.1. The van der Waals surface area contributed by atoms with Crippen LogP contribution in [0, 0.1) is 6.92 Å². The lowest BCUT2D eigenvalue weighted by Gasteiger charge is -2.00. The number of carbonyl (C=O) groups is 1.